The molecular formula is C21H25N3O3. The third-order valence-corrected chi connectivity index (χ3v) is 4.66. The van der Waals surface area contributed by atoms with Gasteiger partial charge in [0.15, 0.2) is 6.29 Å². The number of likely N-dealkylation sites (tertiary alicyclic amines) is 1. The molecule has 3 rings (SSSR count). The first-order valence-electron chi connectivity index (χ1n) is 9.19. The Labute approximate surface area is 159 Å². The molecule has 1 aromatic carbocycles. The standard InChI is InChI=1S/C21H25N3O3/c1-21(2,3)27-20(26)14-8-10-24(11-9-14)19(22)16-5-7-18-15(12-16)4-6-17(13-25)23-18/h4-7,12-14,22H,8-11H2,1-3H3. The van der Waals surface area contributed by atoms with Crippen molar-refractivity contribution in [1.29, 1.82) is 5.41 Å². The zero-order valence-electron chi connectivity index (χ0n) is 16.0. The van der Waals surface area contributed by atoms with E-state index in [2.05, 4.69) is 4.98 Å². The first-order valence-corrected chi connectivity index (χ1v) is 9.19. The summed E-state index contributed by atoms with van der Waals surface area (Å²) in [5.74, 6) is 0.200. The van der Waals surface area contributed by atoms with Crippen molar-refractivity contribution in [2.75, 3.05) is 13.1 Å². The lowest BCUT2D eigenvalue weighted by atomic mass is 9.96. The van der Waals surface area contributed by atoms with Gasteiger partial charge in [-0.05, 0) is 57.9 Å². The number of hydrogen-bond donors (Lipinski definition) is 1. The maximum atomic E-state index is 12.2. The first-order chi connectivity index (χ1) is 12.8. The second kappa shape index (κ2) is 7.47. The fourth-order valence-electron chi connectivity index (χ4n) is 3.26. The van der Waals surface area contributed by atoms with Crippen molar-refractivity contribution in [2.24, 2.45) is 5.92 Å². The van der Waals surface area contributed by atoms with Gasteiger partial charge in [-0.1, -0.05) is 6.07 Å². The average Bonchev–Trinajstić information content (AvgIpc) is 2.65. The smallest absolute Gasteiger partial charge is 0.309 e. The largest absolute Gasteiger partial charge is 0.460 e. The summed E-state index contributed by atoms with van der Waals surface area (Å²) in [6.07, 6.45) is 2.11. The Balaban J connectivity index is 1.66. The minimum Gasteiger partial charge on any atom is -0.460 e. The highest BCUT2D eigenvalue weighted by Gasteiger charge is 2.30. The highest BCUT2D eigenvalue weighted by Crippen LogP contribution is 2.23. The Morgan fingerprint density at radius 1 is 1.22 bits per heavy atom. The summed E-state index contributed by atoms with van der Waals surface area (Å²) in [4.78, 5) is 29.3. The number of amidine groups is 1. The summed E-state index contributed by atoms with van der Waals surface area (Å²) in [6.45, 7) is 6.94. The van der Waals surface area contributed by atoms with Gasteiger partial charge in [-0.2, -0.15) is 0 Å². The van der Waals surface area contributed by atoms with Crippen molar-refractivity contribution >= 4 is 29.0 Å². The van der Waals surface area contributed by atoms with Gasteiger partial charge in [0.2, 0.25) is 0 Å². The Morgan fingerprint density at radius 3 is 2.56 bits per heavy atom. The van der Waals surface area contributed by atoms with E-state index < -0.39 is 5.60 Å². The molecule has 1 aromatic heterocycles. The number of esters is 1. The summed E-state index contributed by atoms with van der Waals surface area (Å²) in [5, 5.41) is 9.42. The summed E-state index contributed by atoms with van der Waals surface area (Å²) in [5.41, 5.74) is 1.47. The second-order valence-electron chi connectivity index (χ2n) is 7.90. The van der Waals surface area contributed by atoms with E-state index in [-0.39, 0.29) is 11.9 Å². The molecule has 2 aromatic rings. The number of carbonyl (C=O) groups is 2. The van der Waals surface area contributed by atoms with Crippen LogP contribution >= 0.6 is 0 Å². The zero-order valence-corrected chi connectivity index (χ0v) is 16.0. The zero-order chi connectivity index (χ0) is 19.6. The van der Waals surface area contributed by atoms with Gasteiger partial charge in [0.05, 0.1) is 11.4 Å². The van der Waals surface area contributed by atoms with Gasteiger partial charge in [0, 0.05) is 24.0 Å². The van der Waals surface area contributed by atoms with Crippen molar-refractivity contribution in [3.8, 4) is 0 Å². The number of aldehydes is 1. The molecule has 1 aliphatic rings. The lowest BCUT2D eigenvalue weighted by Gasteiger charge is -2.34. The molecule has 6 heteroatoms. The minimum atomic E-state index is -0.468. The Bertz CT molecular complexity index is 878. The third-order valence-electron chi connectivity index (χ3n) is 4.66. The van der Waals surface area contributed by atoms with E-state index in [9.17, 15) is 9.59 Å². The SMILES string of the molecule is CC(C)(C)OC(=O)C1CCN(C(=N)c2ccc3nc(C=O)ccc3c2)CC1. The Kier molecular flexibility index (Phi) is 5.26. The van der Waals surface area contributed by atoms with E-state index in [1.165, 1.54) is 0 Å². The summed E-state index contributed by atoms with van der Waals surface area (Å²) >= 11 is 0. The molecular weight excluding hydrogens is 342 g/mol. The topological polar surface area (TPSA) is 83.3 Å². The lowest BCUT2D eigenvalue weighted by molar-refractivity contribution is -0.161. The van der Waals surface area contributed by atoms with Crippen molar-refractivity contribution in [1.82, 2.24) is 9.88 Å². The molecule has 1 aliphatic heterocycles. The number of aromatic nitrogens is 1. The van der Waals surface area contributed by atoms with E-state index in [4.69, 9.17) is 10.1 Å². The van der Waals surface area contributed by atoms with Gasteiger partial charge < -0.3 is 9.64 Å². The molecule has 6 nitrogen and oxygen atoms in total. The summed E-state index contributed by atoms with van der Waals surface area (Å²) in [7, 11) is 0. The highest BCUT2D eigenvalue weighted by atomic mass is 16.6. The number of carbonyl (C=O) groups excluding carboxylic acids is 2. The molecule has 0 aliphatic carbocycles. The number of nitrogens with one attached hydrogen (secondary N) is 1. The molecule has 0 saturated carbocycles. The van der Waals surface area contributed by atoms with Gasteiger partial charge in [-0.3, -0.25) is 15.0 Å². The molecule has 0 bridgehead atoms. The fraction of sp³-hybridized carbons (Fsp3) is 0.429. The Morgan fingerprint density at radius 2 is 1.93 bits per heavy atom. The summed E-state index contributed by atoms with van der Waals surface area (Å²) < 4.78 is 5.48. The minimum absolute atomic E-state index is 0.101. The number of ether oxygens (including phenoxy) is 1. The third kappa shape index (κ3) is 4.51. The van der Waals surface area contributed by atoms with Crippen molar-refractivity contribution in [2.45, 2.75) is 39.2 Å². The summed E-state index contributed by atoms with van der Waals surface area (Å²) in [6, 6.07) is 9.12. The molecule has 0 amide bonds. The molecule has 1 saturated heterocycles. The molecule has 27 heavy (non-hydrogen) atoms. The van der Waals surface area contributed by atoms with E-state index in [1.807, 2.05) is 49.9 Å². The van der Waals surface area contributed by atoms with E-state index in [0.29, 0.717) is 37.5 Å². The van der Waals surface area contributed by atoms with Crippen LogP contribution in [0, 0.1) is 11.3 Å². The van der Waals surface area contributed by atoms with Crippen molar-refractivity contribution < 1.29 is 14.3 Å². The van der Waals surface area contributed by atoms with Crippen LogP contribution in [-0.4, -0.2) is 46.7 Å². The van der Waals surface area contributed by atoms with Crippen molar-refractivity contribution in [3.63, 3.8) is 0 Å². The number of piperidine rings is 1. The van der Waals surface area contributed by atoms with Crippen LogP contribution in [0.3, 0.4) is 0 Å². The van der Waals surface area contributed by atoms with Gasteiger partial charge in [0.1, 0.15) is 17.1 Å². The quantitative estimate of drug-likeness (QED) is 0.389. The first kappa shape index (κ1) is 19.0. The van der Waals surface area contributed by atoms with Crippen LogP contribution in [0.5, 0.6) is 0 Å². The molecule has 0 radical (unpaired) electrons. The molecule has 2 heterocycles. The van der Waals surface area contributed by atoms with Crippen LogP contribution < -0.4 is 0 Å². The number of hydrogen-bond acceptors (Lipinski definition) is 5. The van der Waals surface area contributed by atoms with E-state index in [0.717, 1.165) is 22.8 Å². The molecule has 142 valence electrons. The monoisotopic (exact) mass is 367 g/mol. The van der Waals surface area contributed by atoms with E-state index >= 15 is 0 Å². The predicted octanol–water partition coefficient (Wildman–Crippen LogP) is 3.43. The number of rotatable bonds is 3. The van der Waals surface area contributed by atoms with Gasteiger partial charge in [-0.25, -0.2) is 4.98 Å². The van der Waals surface area contributed by atoms with Gasteiger partial charge in [-0.15, -0.1) is 0 Å². The van der Waals surface area contributed by atoms with Crippen LogP contribution in [-0.2, 0) is 9.53 Å². The van der Waals surface area contributed by atoms with Gasteiger partial charge in [0.25, 0.3) is 0 Å². The van der Waals surface area contributed by atoms with Crippen LogP contribution in [0.1, 0.15) is 49.7 Å². The van der Waals surface area contributed by atoms with Gasteiger partial charge >= 0.3 is 5.97 Å². The molecule has 0 unspecified atom stereocenters. The number of pyridine rings is 1. The fourth-order valence-corrected chi connectivity index (χ4v) is 3.26. The normalized spacial score (nSPS) is 15.6. The number of nitrogens with zero attached hydrogens (tertiary/aromatic N) is 2. The maximum absolute atomic E-state index is 12.2. The van der Waals surface area contributed by atoms with Crippen LogP contribution in [0.25, 0.3) is 10.9 Å². The number of fused-ring (bicyclic) bond motifs is 1. The molecule has 0 atom stereocenters. The molecule has 1 N–H and O–H groups in total. The van der Waals surface area contributed by atoms with Crippen LogP contribution in [0.15, 0.2) is 30.3 Å². The second-order valence-corrected chi connectivity index (χ2v) is 7.90. The molecule has 1 fully saturated rings. The highest BCUT2D eigenvalue weighted by molar-refractivity contribution is 6.00. The average molecular weight is 367 g/mol. The van der Waals surface area contributed by atoms with Crippen LogP contribution in [0.2, 0.25) is 0 Å². The molecule has 0 spiro atoms. The maximum Gasteiger partial charge on any atom is 0.309 e. The lowest BCUT2D eigenvalue weighted by Crippen LogP contribution is -2.41. The van der Waals surface area contributed by atoms with Crippen molar-refractivity contribution in [3.05, 3.63) is 41.6 Å². The predicted molar refractivity (Wildman–Crippen MR) is 104 cm³/mol. The Hall–Kier alpha value is -2.76. The van der Waals surface area contributed by atoms with Crippen LogP contribution in [0.4, 0.5) is 0 Å². The number of benzene rings is 1. The van der Waals surface area contributed by atoms with E-state index in [1.54, 1.807) is 6.07 Å².